The summed E-state index contributed by atoms with van der Waals surface area (Å²) in [5, 5.41) is 7.95. The van der Waals surface area contributed by atoms with Crippen molar-refractivity contribution in [1.29, 1.82) is 0 Å². The Bertz CT molecular complexity index is 2050. The highest BCUT2D eigenvalue weighted by molar-refractivity contribution is 8.01. The van der Waals surface area contributed by atoms with E-state index in [0.717, 1.165) is 0 Å². The van der Waals surface area contributed by atoms with Crippen molar-refractivity contribution in [3.63, 3.8) is 0 Å². The molecule has 4 heteroatoms. The van der Waals surface area contributed by atoms with Crippen molar-refractivity contribution >= 4 is 79.4 Å². The molecule has 0 amide bonds. The molecule has 0 radical (unpaired) electrons. The van der Waals surface area contributed by atoms with Gasteiger partial charge in [-0.2, -0.15) is 0 Å². The second kappa shape index (κ2) is 13.2. The smallest absolute Gasteiger partial charge is 0.0212 e. The molecular weight excluding hydrogens is 657 g/mol. The highest BCUT2D eigenvalue weighted by Gasteiger charge is 2.20. The molecule has 0 spiro atoms. The van der Waals surface area contributed by atoms with Crippen LogP contribution in [0, 0.1) is 27.7 Å². The zero-order chi connectivity index (χ0) is 32.8. The molecule has 0 N–H and O–H groups in total. The number of benzene rings is 8. The van der Waals surface area contributed by atoms with E-state index in [1.807, 2.05) is 47.0 Å². The summed E-state index contributed by atoms with van der Waals surface area (Å²) in [5.74, 6) is 0. The van der Waals surface area contributed by atoms with E-state index < -0.39 is 0 Å². The Morgan fingerprint density at radius 1 is 0.271 bits per heavy atom. The summed E-state index contributed by atoms with van der Waals surface area (Å²) in [6.45, 7) is 8.61. The molecule has 0 saturated carbocycles. The summed E-state index contributed by atoms with van der Waals surface area (Å²) < 4.78 is 0. The minimum atomic E-state index is 1.26. The van der Waals surface area contributed by atoms with Gasteiger partial charge in [0.05, 0.1) is 0 Å². The number of aryl methyl sites for hydroxylation is 4. The van der Waals surface area contributed by atoms with Crippen LogP contribution in [0.5, 0.6) is 0 Å². The van der Waals surface area contributed by atoms with Crippen LogP contribution in [-0.2, 0) is 0 Å². The Hall–Kier alpha value is -3.80. The molecule has 234 valence electrons. The molecule has 8 aromatic carbocycles. The molecule has 0 atom stereocenters. The van der Waals surface area contributed by atoms with Crippen molar-refractivity contribution in [1.82, 2.24) is 0 Å². The molecule has 8 aromatic rings. The van der Waals surface area contributed by atoms with E-state index in [9.17, 15) is 0 Å². The van der Waals surface area contributed by atoms with Gasteiger partial charge >= 0.3 is 0 Å². The average Bonchev–Trinajstić information content (AvgIpc) is 3.09. The molecule has 8 rings (SSSR count). The van der Waals surface area contributed by atoms with E-state index in [1.54, 1.807) is 0 Å². The highest BCUT2D eigenvalue weighted by Crippen LogP contribution is 2.50. The molecule has 0 fully saturated rings. The quantitative estimate of drug-likeness (QED) is 0.146. The largest absolute Gasteiger partial charge is 0.0894 e. The first-order valence-corrected chi connectivity index (χ1v) is 19.4. The van der Waals surface area contributed by atoms with Crippen LogP contribution in [0.15, 0.2) is 173 Å². The first-order chi connectivity index (χ1) is 23.4. The van der Waals surface area contributed by atoms with Crippen molar-refractivity contribution in [3.05, 3.63) is 156 Å². The second-order valence-corrected chi connectivity index (χ2v) is 16.9. The Morgan fingerprint density at radius 3 is 0.688 bits per heavy atom. The van der Waals surface area contributed by atoms with Gasteiger partial charge in [0, 0.05) is 39.2 Å². The van der Waals surface area contributed by atoms with Crippen molar-refractivity contribution < 1.29 is 0 Å². The predicted molar refractivity (Wildman–Crippen MR) is 211 cm³/mol. The van der Waals surface area contributed by atoms with Gasteiger partial charge in [-0.25, -0.2) is 0 Å². The number of rotatable bonds is 8. The van der Waals surface area contributed by atoms with E-state index >= 15 is 0 Å². The van der Waals surface area contributed by atoms with Gasteiger partial charge < -0.3 is 0 Å². The normalized spacial score (nSPS) is 11.7. The first kappa shape index (κ1) is 31.5. The van der Waals surface area contributed by atoms with Crippen LogP contribution in [0.25, 0.3) is 32.3 Å². The molecule has 0 aliphatic carbocycles. The van der Waals surface area contributed by atoms with E-state index in [2.05, 4.69) is 161 Å². The Kier molecular flexibility index (Phi) is 8.69. The van der Waals surface area contributed by atoms with Gasteiger partial charge in [-0.3, -0.25) is 0 Å². The zero-order valence-corrected chi connectivity index (χ0v) is 30.6. The summed E-state index contributed by atoms with van der Waals surface area (Å²) in [6.07, 6.45) is 0. The lowest BCUT2D eigenvalue weighted by Gasteiger charge is -2.20. The highest BCUT2D eigenvalue weighted by atomic mass is 32.2. The van der Waals surface area contributed by atoms with Crippen LogP contribution in [0.4, 0.5) is 0 Å². The van der Waals surface area contributed by atoms with Crippen molar-refractivity contribution in [2.45, 2.75) is 66.9 Å². The lowest BCUT2D eigenvalue weighted by molar-refractivity contribution is 1.34. The molecule has 0 nitrogen and oxygen atoms in total. The molecule has 48 heavy (non-hydrogen) atoms. The number of hydrogen-bond donors (Lipinski definition) is 0. The van der Waals surface area contributed by atoms with Crippen LogP contribution >= 0.6 is 47.0 Å². The maximum Gasteiger partial charge on any atom is 0.0212 e. The fourth-order valence-corrected chi connectivity index (χ4v) is 10.2. The van der Waals surface area contributed by atoms with E-state index in [4.69, 9.17) is 0 Å². The topological polar surface area (TPSA) is 0 Å². The molecular formula is C44H34S4. The monoisotopic (exact) mass is 690 g/mol. The van der Waals surface area contributed by atoms with Crippen LogP contribution in [0.3, 0.4) is 0 Å². The maximum atomic E-state index is 2.42. The van der Waals surface area contributed by atoms with E-state index in [0.29, 0.717) is 0 Å². The fourth-order valence-electron chi connectivity index (χ4n) is 6.14. The van der Waals surface area contributed by atoms with E-state index in [1.165, 1.54) is 93.7 Å². The van der Waals surface area contributed by atoms with Crippen molar-refractivity contribution in [2.75, 3.05) is 0 Å². The van der Waals surface area contributed by atoms with Gasteiger partial charge in [-0.05, 0) is 121 Å². The molecule has 0 aliphatic rings. The van der Waals surface area contributed by atoms with Gasteiger partial charge in [0.15, 0.2) is 0 Å². The maximum absolute atomic E-state index is 2.42. The lowest BCUT2D eigenvalue weighted by atomic mass is 9.94. The van der Waals surface area contributed by atoms with E-state index in [-0.39, 0.29) is 0 Å². The molecule has 0 heterocycles. The molecule has 0 unspecified atom stereocenters. The van der Waals surface area contributed by atoms with Crippen molar-refractivity contribution in [2.24, 2.45) is 0 Å². The zero-order valence-electron chi connectivity index (χ0n) is 27.3. The van der Waals surface area contributed by atoms with Crippen LogP contribution in [-0.4, -0.2) is 0 Å². The predicted octanol–water partition coefficient (Wildman–Crippen LogP) is 14.4. The third kappa shape index (κ3) is 6.35. The Balaban J connectivity index is 1.39. The summed E-state index contributed by atoms with van der Waals surface area (Å²) in [7, 11) is 0. The van der Waals surface area contributed by atoms with Gasteiger partial charge in [0.25, 0.3) is 0 Å². The summed E-state index contributed by atoms with van der Waals surface area (Å²) >= 11 is 7.47. The summed E-state index contributed by atoms with van der Waals surface area (Å²) in [6, 6.07) is 50.0. The summed E-state index contributed by atoms with van der Waals surface area (Å²) in [5.41, 5.74) is 5.12. The molecule has 0 bridgehead atoms. The molecule has 0 aromatic heterocycles. The standard InChI is InChI=1S/C44H34S4/c1-27-5-13-31(14-6-27)45-39-25-40(46-32-15-7-28(2)8-16-32)36-23-24-38-42(48-34-19-11-30(4)12-20-34)26-41(47-33-17-9-29(3)10-18-33)37-22-21-35(39)43(36)44(37)38/h5-26H,1-4H3. The minimum absolute atomic E-state index is 1.26. The first-order valence-electron chi connectivity index (χ1n) is 16.1. The third-order valence-electron chi connectivity index (χ3n) is 8.74. The summed E-state index contributed by atoms with van der Waals surface area (Å²) in [4.78, 5) is 10.2. The van der Waals surface area contributed by atoms with Crippen LogP contribution in [0.2, 0.25) is 0 Å². The Labute approximate surface area is 300 Å². The number of hydrogen-bond acceptors (Lipinski definition) is 4. The second-order valence-electron chi connectivity index (χ2n) is 12.5. The third-order valence-corrected chi connectivity index (χ3v) is 13.0. The van der Waals surface area contributed by atoms with Gasteiger partial charge in [-0.1, -0.05) is 142 Å². The molecule has 0 aliphatic heterocycles. The average molecular weight is 691 g/mol. The van der Waals surface area contributed by atoms with Crippen LogP contribution < -0.4 is 0 Å². The van der Waals surface area contributed by atoms with Gasteiger partial charge in [-0.15, -0.1) is 0 Å². The minimum Gasteiger partial charge on any atom is -0.0894 e. The van der Waals surface area contributed by atoms with Gasteiger partial charge in [0.1, 0.15) is 0 Å². The Morgan fingerprint density at radius 2 is 0.479 bits per heavy atom. The van der Waals surface area contributed by atoms with Crippen LogP contribution in [0.1, 0.15) is 22.3 Å². The fraction of sp³-hybridized carbons (Fsp3) is 0.0909. The lowest BCUT2D eigenvalue weighted by Crippen LogP contribution is -1.92. The molecule has 0 saturated heterocycles. The van der Waals surface area contributed by atoms with Crippen molar-refractivity contribution in [3.8, 4) is 0 Å². The van der Waals surface area contributed by atoms with Gasteiger partial charge in [0.2, 0.25) is 0 Å². The SMILES string of the molecule is Cc1ccc(Sc2cc(Sc3ccc(C)cc3)c3ccc4c(Sc5ccc(C)cc5)cc(Sc5ccc(C)cc5)c5ccc2c3c54)cc1.